The summed E-state index contributed by atoms with van der Waals surface area (Å²) < 4.78 is 22.2. The Balaban J connectivity index is 2.00. The third-order valence-corrected chi connectivity index (χ3v) is 7.31. The van der Waals surface area contributed by atoms with E-state index in [1.807, 2.05) is 6.07 Å². The molecule has 31 heavy (non-hydrogen) atoms. The number of ether oxygens (including phenoxy) is 4. The van der Waals surface area contributed by atoms with Crippen LogP contribution >= 0.6 is 15.9 Å². The van der Waals surface area contributed by atoms with Crippen molar-refractivity contribution < 1.29 is 23.7 Å². The minimum atomic E-state index is -0.0180. The second-order valence-corrected chi connectivity index (χ2v) is 9.65. The monoisotopic (exact) mass is 498 g/mol. The molecule has 176 valence electrons. The lowest BCUT2D eigenvalue weighted by atomic mass is 9.83. The van der Waals surface area contributed by atoms with Crippen molar-refractivity contribution in [1.29, 1.82) is 0 Å². The van der Waals surface area contributed by atoms with Crippen molar-refractivity contribution in [3.8, 4) is 11.5 Å². The van der Waals surface area contributed by atoms with E-state index in [2.05, 4.69) is 48.8 Å². The Morgan fingerprint density at radius 1 is 1.16 bits per heavy atom. The number of cyclic esters (lactones) is 1. The van der Waals surface area contributed by atoms with Gasteiger partial charge in [-0.3, -0.25) is 4.79 Å². The lowest BCUT2D eigenvalue weighted by Gasteiger charge is -2.24. The van der Waals surface area contributed by atoms with Crippen LogP contribution in [-0.2, 0) is 20.7 Å². The van der Waals surface area contributed by atoms with Crippen LogP contribution in [0.3, 0.4) is 0 Å². The summed E-state index contributed by atoms with van der Waals surface area (Å²) in [6.07, 6.45) is 4.66. The third kappa shape index (κ3) is 7.98. The average Bonchev–Trinajstić information content (AvgIpc) is 3.14. The lowest BCUT2D eigenvalue weighted by Crippen LogP contribution is -2.19. The third-order valence-electron chi connectivity index (χ3n) is 6.29. The smallest absolute Gasteiger partial charge is 0.309 e. The summed E-state index contributed by atoms with van der Waals surface area (Å²) in [6, 6.07) is 6.21. The summed E-state index contributed by atoms with van der Waals surface area (Å²) >= 11 is 3.66. The van der Waals surface area contributed by atoms with Crippen LogP contribution in [0.4, 0.5) is 0 Å². The molecule has 2 rings (SSSR count). The predicted molar refractivity (Wildman–Crippen MR) is 127 cm³/mol. The number of methoxy groups -OCH3 is 2. The topological polar surface area (TPSA) is 54.0 Å². The first-order chi connectivity index (χ1) is 14.9. The van der Waals surface area contributed by atoms with E-state index in [0.29, 0.717) is 31.0 Å². The molecular weight excluding hydrogens is 460 g/mol. The molecule has 1 heterocycles. The molecule has 0 aliphatic carbocycles. The van der Waals surface area contributed by atoms with Crippen molar-refractivity contribution >= 4 is 21.9 Å². The van der Waals surface area contributed by atoms with Gasteiger partial charge in [0.05, 0.1) is 19.6 Å². The van der Waals surface area contributed by atoms with Crippen molar-refractivity contribution in [3.63, 3.8) is 0 Å². The Morgan fingerprint density at radius 2 is 1.94 bits per heavy atom. The maximum absolute atomic E-state index is 12.1. The molecule has 0 aromatic heterocycles. The Kier molecular flexibility index (Phi) is 11.2. The largest absolute Gasteiger partial charge is 0.493 e. The van der Waals surface area contributed by atoms with Crippen molar-refractivity contribution in [3.05, 3.63) is 23.8 Å². The van der Waals surface area contributed by atoms with Gasteiger partial charge in [-0.15, -0.1) is 0 Å². The maximum Gasteiger partial charge on any atom is 0.309 e. The van der Waals surface area contributed by atoms with Crippen LogP contribution in [0.5, 0.6) is 11.5 Å². The van der Waals surface area contributed by atoms with Crippen molar-refractivity contribution in [2.75, 3.05) is 32.8 Å². The average molecular weight is 499 g/mol. The molecule has 6 heteroatoms. The van der Waals surface area contributed by atoms with Gasteiger partial charge in [0.15, 0.2) is 11.5 Å². The van der Waals surface area contributed by atoms with Crippen LogP contribution in [0.2, 0.25) is 0 Å². The van der Waals surface area contributed by atoms with Gasteiger partial charge in [-0.2, -0.15) is 0 Å². The molecular formula is C25H39BrO5. The summed E-state index contributed by atoms with van der Waals surface area (Å²) in [4.78, 5) is 12.1. The highest BCUT2D eigenvalue weighted by molar-refractivity contribution is 9.09. The summed E-state index contributed by atoms with van der Waals surface area (Å²) in [5.41, 5.74) is 1.24. The molecule has 0 amide bonds. The fourth-order valence-electron chi connectivity index (χ4n) is 4.16. The minimum Gasteiger partial charge on any atom is -0.493 e. The molecule has 1 aliphatic heterocycles. The number of esters is 1. The predicted octanol–water partition coefficient (Wildman–Crippen LogP) is 5.67. The number of carbonyl (C=O) groups is 1. The summed E-state index contributed by atoms with van der Waals surface area (Å²) in [6.45, 7) is 7.75. The van der Waals surface area contributed by atoms with Gasteiger partial charge in [-0.25, -0.2) is 0 Å². The van der Waals surface area contributed by atoms with E-state index in [1.165, 1.54) is 5.56 Å². The van der Waals surface area contributed by atoms with E-state index < -0.39 is 0 Å². The number of carbonyl (C=O) groups excluding carboxylic acids is 1. The molecule has 5 nitrogen and oxygen atoms in total. The fraction of sp³-hybridized carbons (Fsp3) is 0.720. The Hall–Kier alpha value is -1.27. The van der Waals surface area contributed by atoms with Crippen LogP contribution < -0.4 is 9.47 Å². The Bertz CT molecular complexity index is 678. The first-order valence-corrected chi connectivity index (χ1v) is 12.6. The molecule has 0 N–H and O–H groups in total. The van der Waals surface area contributed by atoms with Crippen LogP contribution in [0.15, 0.2) is 18.2 Å². The molecule has 0 saturated carbocycles. The molecule has 0 spiro atoms. The van der Waals surface area contributed by atoms with Crippen molar-refractivity contribution in [2.24, 2.45) is 23.7 Å². The van der Waals surface area contributed by atoms with Gasteiger partial charge in [0.1, 0.15) is 6.10 Å². The highest BCUT2D eigenvalue weighted by Crippen LogP contribution is 2.34. The van der Waals surface area contributed by atoms with Gasteiger partial charge in [-0.05, 0) is 61.1 Å². The molecule has 1 aromatic rings. The van der Waals surface area contributed by atoms with Gasteiger partial charge < -0.3 is 18.9 Å². The summed E-state index contributed by atoms with van der Waals surface area (Å²) in [5, 5.41) is 0.952. The van der Waals surface area contributed by atoms with Gasteiger partial charge in [-0.1, -0.05) is 42.8 Å². The summed E-state index contributed by atoms with van der Waals surface area (Å²) in [5.74, 6) is 2.93. The Morgan fingerprint density at radius 3 is 2.55 bits per heavy atom. The zero-order valence-electron chi connectivity index (χ0n) is 19.7. The molecule has 1 aromatic carbocycles. The van der Waals surface area contributed by atoms with Crippen molar-refractivity contribution in [1.82, 2.24) is 0 Å². The van der Waals surface area contributed by atoms with Crippen LogP contribution in [-0.4, -0.2) is 44.8 Å². The first-order valence-electron chi connectivity index (χ1n) is 11.4. The molecule has 1 saturated heterocycles. The normalized spacial score (nSPS) is 20.5. The van der Waals surface area contributed by atoms with E-state index >= 15 is 0 Å². The number of benzene rings is 1. The molecule has 4 atom stereocenters. The van der Waals surface area contributed by atoms with Crippen LogP contribution in [0.25, 0.3) is 0 Å². The molecule has 1 aliphatic rings. The van der Waals surface area contributed by atoms with Crippen molar-refractivity contribution in [2.45, 2.75) is 59.0 Å². The van der Waals surface area contributed by atoms with E-state index in [0.717, 1.165) is 48.9 Å². The standard InChI is InChI=1S/C25H39BrO5/c1-17(2)22-15-21(31-25(22)27)9-8-20(18(3)16-26)13-19-7-10-23(29-5)24(14-19)30-12-6-11-28-4/h7,10,14,17-18,20-22H,6,8-9,11-13,15-16H2,1-5H3/t18?,20-,21?,22-/m0/s1. The van der Waals surface area contributed by atoms with E-state index in [9.17, 15) is 4.79 Å². The zero-order chi connectivity index (χ0) is 22.8. The SMILES string of the molecule is COCCCOc1cc(C[C@H](CCC2C[C@@H](C(C)C)C(=O)O2)C(C)CBr)ccc1OC. The van der Waals surface area contributed by atoms with E-state index in [4.69, 9.17) is 18.9 Å². The fourth-order valence-corrected chi connectivity index (χ4v) is 4.69. The molecule has 1 fully saturated rings. The highest BCUT2D eigenvalue weighted by atomic mass is 79.9. The van der Waals surface area contributed by atoms with Gasteiger partial charge >= 0.3 is 5.97 Å². The second-order valence-electron chi connectivity index (χ2n) is 9.00. The maximum atomic E-state index is 12.1. The number of halogens is 1. The van der Waals surface area contributed by atoms with Crippen LogP contribution in [0, 0.1) is 23.7 Å². The molecule has 0 radical (unpaired) electrons. The quantitative estimate of drug-likeness (QED) is 0.188. The van der Waals surface area contributed by atoms with E-state index in [-0.39, 0.29) is 18.0 Å². The van der Waals surface area contributed by atoms with Crippen LogP contribution in [0.1, 0.15) is 52.0 Å². The highest BCUT2D eigenvalue weighted by Gasteiger charge is 2.36. The summed E-state index contributed by atoms with van der Waals surface area (Å²) in [7, 11) is 3.36. The number of hydrogen-bond donors (Lipinski definition) is 0. The Labute approximate surface area is 196 Å². The van der Waals surface area contributed by atoms with E-state index in [1.54, 1.807) is 14.2 Å². The first kappa shape index (κ1) is 26.0. The molecule has 0 bridgehead atoms. The molecule has 2 unspecified atom stereocenters. The lowest BCUT2D eigenvalue weighted by molar-refractivity contribution is -0.145. The zero-order valence-corrected chi connectivity index (χ0v) is 21.3. The number of hydrogen-bond acceptors (Lipinski definition) is 5. The second kappa shape index (κ2) is 13.3. The van der Waals surface area contributed by atoms with Gasteiger partial charge in [0.25, 0.3) is 0 Å². The van der Waals surface area contributed by atoms with Gasteiger partial charge in [0.2, 0.25) is 0 Å². The van der Waals surface area contributed by atoms with Gasteiger partial charge in [0, 0.05) is 25.5 Å². The minimum absolute atomic E-state index is 0.0180. The number of rotatable bonds is 14. The number of alkyl halides is 1.